The van der Waals surface area contributed by atoms with E-state index in [1.54, 1.807) is 0 Å². The Kier molecular flexibility index (Phi) is 10.3. The van der Waals surface area contributed by atoms with Gasteiger partial charge in [-0.05, 0) is 44.7 Å². The van der Waals surface area contributed by atoms with E-state index >= 15 is 0 Å². The molecule has 0 aromatic rings. The zero-order chi connectivity index (χ0) is 15.3. The van der Waals surface area contributed by atoms with Crippen molar-refractivity contribution < 1.29 is 4.74 Å². The summed E-state index contributed by atoms with van der Waals surface area (Å²) in [6, 6.07) is 0. The molecule has 0 bridgehead atoms. The molecule has 1 aliphatic carbocycles. The van der Waals surface area contributed by atoms with Crippen molar-refractivity contribution >= 4 is 5.96 Å². The SMILES string of the molecule is CCCN(CC)CCNC(=NC)NCCCOCC1CC1. The van der Waals surface area contributed by atoms with Crippen molar-refractivity contribution in [1.29, 1.82) is 0 Å². The van der Waals surface area contributed by atoms with Crippen LogP contribution in [0.2, 0.25) is 0 Å². The maximum absolute atomic E-state index is 5.62. The minimum Gasteiger partial charge on any atom is -0.381 e. The van der Waals surface area contributed by atoms with Crippen molar-refractivity contribution in [3.8, 4) is 0 Å². The first-order valence-corrected chi connectivity index (χ1v) is 8.54. The van der Waals surface area contributed by atoms with Crippen molar-refractivity contribution in [2.24, 2.45) is 10.9 Å². The van der Waals surface area contributed by atoms with E-state index in [0.717, 1.165) is 57.7 Å². The van der Waals surface area contributed by atoms with Crippen LogP contribution in [0.15, 0.2) is 4.99 Å². The third-order valence-corrected chi connectivity index (χ3v) is 3.74. The lowest BCUT2D eigenvalue weighted by molar-refractivity contribution is 0.123. The number of nitrogens with zero attached hydrogens (tertiary/aromatic N) is 2. The highest BCUT2D eigenvalue weighted by Crippen LogP contribution is 2.28. The Balaban J connectivity index is 1.97. The Labute approximate surface area is 130 Å². The molecular formula is C16H34N4O. The minimum atomic E-state index is 0.848. The van der Waals surface area contributed by atoms with Gasteiger partial charge in [0.15, 0.2) is 5.96 Å². The Morgan fingerprint density at radius 3 is 2.57 bits per heavy atom. The lowest BCUT2D eigenvalue weighted by Gasteiger charge is -2.20. The summed E-state index contributed by atoms with van der Waals surface area (Å²) in [6.45, 7) is 11.4. The molecular weight excluding hydrogens is 264 g/mol. The van der Waals surface area contributed by atoms with E-state index in [-0.39, 0.29) is 0 Å². The molecule has 21 heavy (non-hydrogen) atoms. The maximum atomic E-state index is 5.62. The number of hydrogen-bond acceptors (Lipinski definition) is 3. The first-order valence-electron chi connectivity index (χ1n) is 8.54. The average Bonchev–Trinajstić information content (AvgIpc) is 3.32. The summed E-state index contributed by atoms with van der Waals surface area (Å²) in [6.07, 6.45) is 4.97. The topological polar surface area (TPSA) is 48.9 Å². The molecule has 0 amide bonds. The van der Waals surface area contributed by atoms with Gasteiger partial charge in [0, 0.05) is 39.9 Å². The molecule has 0 radical (unpaired) electrons. The quantitative estimate of drug-likeness (QED) is 0.327. The van der Waals surface area contributed by atoms with Crippen LogP contribution in [0, 0.1) is 5.92 Å². The number of ether oxygens (including phenoxy) is 1. The highest BCUT2D eigenvalue weighted by molar-refractivity contribution is 5.79. The maximum Gasteiger partial charge on any atom is 0.191 e. The fourth-order valence-corrected chi connectivity index (χ4v) is 2.21. The van der Waals surface area contributed by atoms with Crippen LogP contribution in [0.5, 0.6) is 0 Å². The Hall–Kier alpha value is -0.810. The van der Waals surface area contributed by atoms with Crippen LogP contribution < -0.4 is 10.6 Å². The van der Waals surface area contributed by atoms with Crippen LogP contribution in [-0.2, 0) is 4.74 Å². The molecule has 0 spiro atoms. The van der Waals surface area contributed by atoms with E-state index in [9.17, 15) is 0 Å². The number of aliphatic imine (C=N–C) groups is 1. The molecule has 0 saturated heterocycles. The fraction of sp³-hybridized carbons (Fsp3) is 0.938. The number of hydrogen-bond donors (Lipinski definition) is 2. The number of rotatable bonds is 12. The van der Waals surface area contributed by atoms with Crippen molar-refractivity contribution in [3.05, 3.63) is 0 Å². The van der Waals surface area contributed by atoms with Crippen LogP contribution in [0.3, 0.4) is 0 Å². The van der Waals surface area contributed by atoms with Gasteiger partial charge in [0.25, 0.3) is 0 Å². The monoisotopic (exact) mass is 298 g/mol. The van der Waals surface area contributed by atoms with E-state index in [1.807, 2.05) is 7.05 Å². The predicted octanol–water partition coefficient (Wildman–Crippen LogP) is 1.70. The normalized spacial score (nSPS) is 15.5. The van der Waals surface area contributed by atoms with Crippen molar-refractivity contribution in [2.75, 3.05) is 53.0 Å². The summed E-state index contributed by atoms with van der Waals surface area (Å²) in [7, 11) is 1.82. The molecule has 1 rings (SSSR count). The number of guanidine groups is 1. The van der Waals surface area contributed by atoms with Gasteiger partial charge in [0.2, 0.25) is 0 Å². The van der Waals surface area contributed by atoms with Gasteiger partial charge in [-0.2, -0.15) is 0 Å². The lowest BCUT2D eigenvalue weighted by atomic mass is 10.4. The molecule has 1 fully saturated rings. The van der Waals surface area contributed by atoms with Crippen LogP contribution in [0.25, 0.3) is 0 Å². The van der Waals surface area contributed by atoms with Crippen LogP contribution in [-0.4, -0.2) is 63.8 Å². The van der Waals surface area contributed by atoms with Crippen LogP contribution in [0.4, 0.5) is 0 Å². The smallest absolute Gasteiger partial charge is 0.191 e. The van der Waals surface area contributed by atoms with Gasteiger partial charge in [-0.3, -0.25) is 4.99 Å². The van der Waals surface area contributed by atoms with Gasteiger partial charge in [0.1, 0.15) is 0 Å². The summed E-state index contributed by atoms with van der Waals surface area (Å²) in [5.74, 6) is 1.75. The van der Waals surface area contributed by atoms with Gasteiger partial charge in [0.05, 0.1) is 0 Å². The van der Waals surface area contributed by atoms with E-state index < -0.39 is 0 Å². The second-order valence-electron chi connectivity index (χ2n) is 5.73. The molecule has 1 aliphatic rings. The molecule has 0 unspecified atom stereocenters. The third kappa shape index (κ3) is 9.69. The zero-order valence-electron chi connectivity index (χ0n) is 14.2. The molecule has 124 valence electrons. The predicted molar refractivity (Wildman–Crippen MR) is 89.9 cm³/mol. The summed E-state index contributed by atoms with van der Waals surface area (Å²) >= 11 is 0. The standard InChI is InChI=1S/C16H34N4O/c1-4-11-20(5-2)12-10-19-16(17-3)18-9-6-13-21-14-15-7-8-15/h15H,4-14H2,1-3H3,(H2,17,18,19). The molecule has 5 heteroatoms. The zero-order valence-corrected chi connectivity index (χ0v) is 14.2. The van der Waals surface area contributed by atoms with Crippen LogP contribution in [0.1, 0.15) is 39.5 Å². The Bertz CT molecular complexity index is 279. The van der Waals surface area contributed by atoms with Crippen LogP contribution >= 0.6 is 0 Å². The van der Waals surface area contributed by atoms with E-state index in [4.69, 9.17) is 4.74 Å². The summed E-state index contributed by atoms with van der Waals surface area (Å²) < 4.78 is 5.62. The summed E-state index contributed by atoms with van der Waals surface area (Å²) in [5.41, 5.74) is 0. The van der Waals surface area contributed by atoms with Gasteiger partial charge >= 0.3 is 0 Å². The molecule has 0 aromatic carbocycles. The molecule has 0 atom stereocenters. The average molecular weight is 298 g/mol. The van der Waals surface area contributed by atoms with Gasteiger partial charge in [-0.1, -0.05) is 13.8 Å². The second-order valence-corrected chi connectivity index (χ2v) is 5.73. The van der Waals surface area contributed by atoms with Crippen molar-refractivity contribution in [3.63, 3.8) is 0 Å². The molecule has 0 aromatic heterocycles. The number of likely N-dealkylation sites (N-methyl/N-ethyl adjacent to an activating group) is 1. The molecule has 1 saturated carbocycles. The Morgan fingerprint density at radius 1 is 1.19 bits per heavy atom. The van der Waals surface area contributed by atoms with Gasteiger partial charge in [-0.15, -0.1) is 0 Å². The van der Waals surface area contributed by atoms with E-state index in [2.05, 4.69) is 34.4 Å². The minimum absolute atomic E-state index is 0.848. The number of nitrogens with one attached hydrogen (secondary N) is 2. The largest absolute Gasteiger partial charge is 0.381 e. The van der Waals surface area contributed by atoms with Crippen molar-refractivity contribution in [2.45, 2.75) is 39.5 Å². The molecule has 0 heterocycles. The fourth-order valence-electron chi connectivity index (χ4n) is 2.21. The highest BCUT2D eigenvalue weighted by Gasteiger charge is 2.20. The summed E-state index contributed by atoms with van der Waals surface area (Å²) in [4.78, 5) is 6.70. The first-order chi connectivity index (χ1) is 10.3. The first kappa shape index (κ1) is 18.2. The van der Waals surface area contributed by atoms with Gasteiger partial charge in [-0.25, -0.2) is 0 Å². The highest BCUT2D eigenvalue weighted by atomic mass is 16.5. The van der Waals surface area contributed by atoms with E-state index in [1.165, 1.54) is 25.8 Å². The third-order valence-electron chi connectivity index (χ3n) is 3.74. The summed E-state index contributed by atoms with van der Waals surface area (Å²) in [5, 5.41) is 6.71. The lowest BCUT2D eigenvalue weighted by Crippen LogP contribution is -2.42. The Morgan fingerprint density at radius 2 is 1.95 bits per heavy atom. The molecule has 0 aliphatic heterocycles. The van der Waals surface area contributed by atoms with E-state index in [0.29, 0.717) is 0 Å². The molecule has 2 N–H and O–H groups in total. The molecule has 5 nitrogen and oxygen atoms in total. The van der Waals surface area contributed by atoms with Gasteiger partial charge < -0.3 is 20.3 Å². The van der Waals surface area contributed by atoms with Crippen molar-refractivity contribution in [1.82, 2.24) is 15.5 Å². The second kappa shape index (κ2) is 11.8.